The van der Waals surface area contributed by atoms with Crippen LogP contribution in [0.4, 0.5) is 13.2 Å². The van der Waals surface area contributed by atoms with Crippen LogP contribution in [-0.4, -0.2) is 33.1 Å². The van der Waals surface area contributed by atoms with E-state index in [0.717, 1.165) is 11.5 Å². The molecule has 1 atom stereocenters. The minimum absolute atomic E-state index is 0.0876. The van der Waals surface area contributed by atoms with Gasteiger partial charge < -0.3 is 9.31 Å². The number of aromatic nitrogens is 3. The van der Waals surface area contributed by atoms with Gasteiger partial charge in [-0.25, -0.2) is 0 Å². The summed E-state index contributed by atoms with van der Waals surface area (Å²) in [5.41, 5.74) is -0.406. The molecule has 1 aliphatic rings. The van der Waals surface area contributed by atoms with E-state index in [0.29, 0.717) is 5.56 Å². The molecule has 9 heteroatoms. The summed E-state index contributed by atoms with van der Waals surface area (Å²) in [6, 6.07) is 2.20. The molecule has 2 aromatic heterocycles. The first-order valence-corrected chi connectivity index (χ1v) is 9.25. The van der Waals surface area contributed by atoms with Gasteiger partial charge in [0.05, 0.1) is 17.2 Å². The Labute approximate surface area is 163 Å². The lowest BCUT2D eigenvalue weighted by molar-refractivity contribution is -0.141. The van der Waals surface area contributed by atoms with Crippen LogP contribution in [0.1, 0.15) is 58.8 Å². The van der Waals surface area contributed by atoms with Crippen molar-refractivity contribution in [1.29, 1.82) is 0 Å². The second-order valence-corrected chi connectivity index (χ2v) is 8.51. The van der Waals surface area contributed by atoms with Crippen LogP contribution >= 0.6 is 0 Å². The molecule has 5 nitrogen and oxygen atoms in total. The third-order valence-electron chi connectivity index (χ3n) is 5.48. The average molecular weight is 395 g/mol. The van der Waals surface area contributed by atoms with Crippen LogP contribution in [0.2, 0.25) is 0 Å². The molecular weight excluding hydrogens is 370 g/mol. The molecule has 1 saturated heterocycles. The van der Waals surface area contributed by atoms with E-state index in [1.807, 2.05) is 47.7 Å². The Morgan fingerprint density at radius 1 is 1.04 bits per heavy atom. The lowest BCUT2D eigenvalue weighted by Gasteiger charge is -2.32. The molecule has 0 amide bonds. The second kappa shape index (κ2) is 6.88. The van der Waals surface area contributed by atoms with Crippen molar-refractivity contribution in [2.45, 2.75) is 65.0 Å². The highest BCUT2D eigenvalue weighted by Gasteiger charge is 2.52. The highest BCUT2D eigenvalue weighted by molar-refractivity contribution is 6.62. The van der Waals surface area contributed by atoms with Crippen molar-refractivity contribution >= 4 is 12.6 Å². The monoisotopic (exact) mass is 395 g/mol. The Balaban J connectivity index is 1.87. The molecule has 2 aromatic rings. The van der Waals surface area contributed by atoms with Crippen LogP contribution in [0.5, 0.6) is 0 Å². The van der Waals surface area contributed by atoms with Crippen molar-refractivity contribution in [1.82, 2.24) is 14.8 Å². The van der Waals surface area contributed by atoms with Gasteiger partial charge in [-0.15, -0.1) is 0 Å². The SMILES string of the molecule is CC(C)C(c1ccc(C(F)(F)F)nc1)n1cc(B2OC(C)(C)C(C)(C)O2)cn1. The fourth-order valence-corrected chi connectivity index (χ4v) is 3.20. The number of rotatable bonds is 4. The number of alkyl halides is 3. The smallest absolute Gasteiger partial charge is 0.399 e. The first kappa shape index (κ1) is 20.9. The lowest BCUT2D eigenvalue weighted by atomic mass is 9.82. The number of hydrogen-bond donors (Lipinski definition) is 0. The van der Waals surface area contributed by atoms with Crippen LogP contribution in [-0.2, 0) is 15.5 Å². The summed E-state index contributed by atoms with van der Waals surface area (Å²) in [6.07, 6.45) is 0.310. The van der Waals surface area contributed by atoms with E-state index >= 15 is 0 Å². The third-order valence-corrected chi connectivity index (χ3v) is 5.48. The predicted molar refractivity (Wildman–Crippen MR) is 100 cm³/mol. The average Bonchev–Trinajstić information content (AvgIpc) is 3.10. The van der Waals surface area contributed by atoms with Gasteiger partial charge in [-0.1, -0.05) is 19.9 Å². The third kappa shape index (κ3) is 3.82. The van der Waals surface area contributed by atoms with Crippen LogP contribution in [0.15, 0.2) is 30.7 Å². The zero-order valence-electron chi connectivity index (χ0n) is 16.9. The summed E-state index contributed by atoms with van der Waals surface area (Å²) in [5, 5.41) is 4.43. The van der Waals surface area contributed by atoms with Crippen LogP contribution in [0, 0.1) is 5.92 Å². The summed E-state index contributed by atoms with van der Waals surface area (Å²) >= 11 is 0. The minimum Gasteiger partial charge on any atom is -0.399 e. The zero-order chi connectivity index (χ0) is 20.9. The molecule has 0 saturated carbocycles. The fraction of sp³-hybridized carbons (Fsp3) is 0.579. The molecule has 3 rings (SSSR count). The van der Waals surface area contributed by atoms with Crippen LogP contribution in [0.25, 0.3) is 0 Å². The van der Waals surface area contributed by atoms with E-state index in [1.165, 1.54) is 12.3 Å². The summed E-state index contributed by atoms with van der Waals surface area (Å²) in [6.45, 7) is 11.9. The first-order chi connectivity index (χ1) is 12.8. The molecule has 0 bridgehead atoms. The van der Waals surface area contributed by atoms with Crippen molar-refractivity contribution in [2.24, 2.45) is 5.92 Å². The van der Waals surface area contributed by atoms with Gasteiger partial charge in [0.25, 0.3) is 0 Å². The predicted octanol–water partition coefficient (Wildman–Crippen LogP) is 3.84. The zero-order valence-corrected chi connectivity index (χ0v) is 16.9. The molecule has 1 fully saturated rings. The van der Waals surface area contributed by atoms with Crippen LogP contribution < -0.4 is 5.46 Å². The molecule has 1 unspecified atom stereocenters. The topological polar surface area (TPSA) is 49.2 Å². The normalized spacial score (nSPS) is 20.0. The van der Waals surface area contributed by atoms with Crippen molar-refractivity contribution in [3.05, 3.63) is 42.0 Å². The van der Waals surface area contributed by atoms with Gasteiger partial charge >= 0.3 is 13.3 Å². The standard InChI is InChI=1S/C19H25BF3N3O2/c1-12(2)16(13-7-8-15(24-9-13)19(21,22)23)26-11-14(10-25-26)20-27-17(3,4)18(5,6)28-20/h7-12,16H,1-6H3. The van der Waals surface area contributed by atoms with Crippen molar-refractivity contribution < 1.29 is 22.5 Å². The van der Waals surface area contributed by atoms with Crippen LogP contribution in [0.3, 0.4) is 0 Å². The van der Waals surface area contributed by atoms with Gasteiger partial charge in [0, 0.05) is 24.1 Å². The molecule has 0 radical (unpaired) electrons. The number of pyridine rings is 1. The van der Waals surface area contributed by atoms with Crippen molar-refractivity contribution in [3.8, 4) is 0 Å². The highest BCUT2D eigenvalue weighted by Crippen LogP contribution is 2.36. The Kier molecular flexibility index (Phi) is 5.12. The van der Waals surface area contributed by atoms with E-state index < -0.39 is 30.2 Å². The van der Waals surface area contributed by atoms with Gasteiger partial charge in [0.2, 0.25) is 0 Å². The summed E-state index contributed by atoms with van der Waals surface area (Å²) < 4.78 is 52.2. The molecule has 3 heterocycles. The van der Waals surface area contributed by atoms with Gasteiger partial charge in [-0.2, -0.15) is 18.3 Å². The van der Waals surface area contributed by atoms with Gasteiger partial charge in [-0.05, 0) is 45.2 Å². The van der Waals surface area contributed by atoms with Gasteiger partial charge in [-0.3, -0.25) is 9.67 Å². The molecule has 0 aromatic carbocycles. The Hall–Kier alpha value is -1.87. The second-order valence-electron chi connectivity index (χ2n) is 8.51. The Bertz CT molecular complexity index is 816. The number of halogens is 3. The van der Waals surface area contributed by atoms with E-state index in [-0.39, 0.29) is 12.0 Å². The fourth-order valence-electron chi connectivity index (χ4n) is 3.20. The Morgan fingerprint density at radius 2 is 1.64 bits per heavy atom. The van der Waals surface area contributed by atoms with E-state index in [1.54, 1.807) is 10.9 Å². The molecule has 152 valence electrons. The molecule has 0 aliphatic carbocycles. The van der Waals surface area contributed by atoms with Crippen molar-refractivity contribution in [3.63, 3.8) is 0 Å². The molecular formula is C19H25BF3N3O2. The largest absolute Gasteiger partial charge is 0.498 e. The highest BCUT2D eigenvalue weighted by atomic mass is 19.4. The van der Waals surface area contributed by atoms with Gasteiger partial charge in [0.15, 0.2) is 0 Å². The van der Waals surface area contributed by atoms with E-state index in [4.69, 9.17) is 9.31 Å². The quantitative estimate of drug-likeness (QED) is 0.739. The maximum atomic E-state index is 12.8. The van der Waals surface area contributed by atoms with E-state index in [2.05, 4.69) is 10.1 Å². The molecule has 28 heavy (non-hydrogen) atoms. The Morgan fingerprint density at radius 3 is 2.11 bits per heavy atom. The summed E-state index contributed by atoms with van der Waals surface area (Å²) in [5.74, 6) is 0.0876. The minimum atomic E-state index is -4.46. The van der Waals surface area contributed by atoms with E-state index in [9.17, 15) is 13.2 Å². The molecule has 0 N–H and O–H groups in total. The van der Waals surface area contributed by atoms with Gasteiger partial charge in [0.1, 0.15) is 5.69 Å². The summed E-state index contributed by atoms with van der Waals surface area (Å²) in [7, 11) is -0.544. The number of hydrogen-bond acceptors (Lipinski definition) is 4. The lowest BCUT2D eigenvalue weighted by Crippen LogP contribution is -2.41. The molecule has 0 spiro atoms. The van der Waals surface area contributed by atoms with Crippen molar-refractivity contribution in [2.75, 3.05) is 0 Å². The number of nitrogens with zero attached hydrogens (tertiary/aromatic N) is 3. The maximum Gasteiger partial charge on any atom is 0.498 e. The molecule has 1 aliphatic heterocycles. The maximum absolute atomic E-state index is 12.8. The summed E-state index contributed by atoms with van der Waals surface area (Å²) in [4.78, 5) is 3.59. The first-order valence-electron chi connectivity index (χ1n) is 9.25.